The van der Waals surface area contributed by atoms with Gasteiger partial charge in [-0.1, -0.05) is 43.0 Å². The Bertz CT molecular complexity index is 1030. The number of carbonyl (C=O) groups excluding carboxylic acids is 1. The van der Waals surface area contributed by atoms with Gasteiger partial charge in [0.1, 0.15) is 5.75 Å². The molecule has 0 bridgehead atoms. The number of benzene rings is 2. The molecule has 1 amide bonds. The van der Waals surface area contributed by atoms with Gasteiger partial charge in [-0.2, -0.15) is 0 Å². The highest BCUT2D eigenvalue weighted by atomic mass is 32.2. The summed E-state index contributed by atoms with van der Waals surface area (Å²) in [6.07, 6.45) is 2.57. The van der Waals surface area contributed by atoms with Gasteiger partial charge >= 0.3 is 11.9 Å². The zero-order valence-corrected chi connectivity index (χ0v) is 17.5. The molecule has 0 unspecified atom stereocenters. The molecule has 1 saturated heterocycles. The molecule has 0 spiro atoms. The highest BCUT2D eigenvalue weighted by Crippen LogP contribution is 2.37. The van der Waals surface area contributed by atoms with Crippen molar-refractivity contribution in [3.05, 3.63) is 64.1 Å². The molecular formula is C21H17NO6S2. The van der Waals surface area contributed by atoms with Crippen LogP contribution >= 0.6 is 24.0 Å². The Labute approximate surface area is 182 Å². The molecule has 1 heterocycles. The van der Waals surface area contributed by atoms with E-state index in [0.717, 1.165) is 40.5 Å². The number of carboxylic acids is 2. The molecule has 1 aliphatic heterocycles. The van der Waals surface area contributed by atoms with E-state index in [-0.39, 0.29) is 21.1 Å². The minimum absolute atomic E-state index is 0.0986. The zero-order chi connectivity index (χ0) is 21.8. The molecule has 9 heteroatoms. The molecule has 7 nitrogen and oxygen atoms in total. The molecule has 1 aliphatic rings. The molecule has 0 aromatic heterocycles. The van der Waals surface area contributed by atoms with Crippen LogP contribution < -0.4 is 9.64 Å². The molecule has 0 radical (unpaired) electrons. The summed E-state index contributed by atoms with van der Waals surface area (Å²) in [5.41, 5.74) is 0.377. The van der Waals surface area contributed by atoms with E-state index in [9.17, 15) is 24.6 Å². The lowest BCUT2D eigenvalue weighted by molar-refractivity contribution is -0.113. The predicted octanol–water partition coefficient (Wildman–Crippen LogP) is 4.28. The smallest absolute Gasteiger partial charge is 0.335 e. The van der Waals surface area contributed by atoms with E-state index in [4.69, 9.17) is 17.0 Å². The van der Waals surface area contributed by atoms with Crippen LogP contribution in [0, 0.1) is 0 Å². The quantitative estimate of drug-likeness (QED) is 0.483. The van der Waals surface area contributed by atoms with Crippen LogP contribution in [0.3, 0.4) is 0 Å². The third-order valence-corrected chi connectivity index (χ3v) is 5.42. The summed E-state index contributed by atoms with van der Waals surface area (Å²) in [6.45, 7) is 2.63. The normalized spacial score (nSPS) is 15.0. The molecule has 2 N–H and O–H groups in total. The first-order valence-electron chi connectivity index (χ1n) is 8.92. The van der Waals surface area contributed by atoms with E-state index in [0.29, 0.717) is 11.5 Å². The third-order valence-electron chi connectivity index (χ3n) is 4.11. The Morgan fingerprint density at radius 1 is 1.10 bits per heavy atom. The number of amides is 1. The van der Waals surface area contributed by atoms with Gasteiger partial charge in [0.05, 0.1) is 28.3 Å². The van der Waals surface area contributed by atoms with Gasteiger partial charge in [-0.15, -0.1) is 0 Å². The fourth-order valence-corrected chi connectivity index (χ4v) is 4.01. The van der Waals surface area contributed by atoms with Gasteiger partial charge in [-0.3, -0.25) is 9.69 Å². The second-order valence-electron chi connectivity index (χ2n) is 6.31. The second kappa shape index (κ2) is 9.10. The molecule has 154 valence electrons. The number of carboxylic acid groups (broad SMARTS) is 2. The number of thiocarbonyl (C=S) groups is 1. The van der Waals surface area contributed by atoms with E-state index < -0.39 is 17.8 Å². The van der Waals surface area contributed by atoms with Crippen LogP contribution in [-0.2, 0) is 4.79 Å². The number of anilines is 1. The second-order valence-corrected chi connectivity index (χ2v) is 7.99. The van der Waals surface area contributed by atoms with Crippen molar-refractivity contribution in [3.8, 4) is 5.75 Å². The fraction of sp³-hybridized carbons (Fsp3) is 0.143. The van der Waals surface area contributed by atoms with Gasteiger partial charge in [0, 0.05) is 0 Å². The SMILES string of the molecule is CCCOc1ccc(/C=C2\SC(=S)N(c3cc(C(=O)O)cc(C(=O)O)c3)C2=O)cc1. The van der Waals surface area contributed by atoms with E-state index in [1.807, 2.05) is 19.1 Å². The monoisotopic (exact) mass is 443 g/mol. The Morgan fingerprint density at radius 3 is 2.23 bits per heavy atom. The Balaban J connectivity index is 1.90. The number of hydrogen-bond acceptors (Lipinski definition) is 6. The predicted molar refractivity (Wildman–Crippen MR) is 118 cm³/mol. The van der Waals surface area contributed by atoms with E-state index in [2.05, 4.69) is 0 Å². The molecular weight excluding hydrogens is 426 g/mol. The zero-order valence-electron chi connectivity index (χ0n) is 15.8. The van der Waals surface area contributed by atoms with Gasteiger partial charge in [-0.25, -0.2) is 9.59 Å². The third kappa shape index (κ3) is 4.69. The summed E-state index contributed by atoms with van der Waals surface area (Å²) in [5.74, 6) is -2.32. The van der Waals surface area contributed by atoms with Crippen molar-refractivity contribution in [3.63, 3.8) is 0 Å². The fourth-order valence-electron chi connectivity index (χ4n) is 2.71. The van der Waals surface area contributed by atoms with Crippen molar-refractivity contribution in [1.82, 2.24) is 0 Å². The maximum absolute atomic E-state index is 12.9. The van der Waals surface area contributed by atoms with E-state index >= 15 is 0 Å². The summed E-state index contributed by atoms with van der Waals surface area (Å²) < 4.78 is 5.72. The van der Waals surface area contributed by atoms with Crippen molar-refractivity contribution < 1.29 is 29.3 Å². The van der Waals surface area contributed by atoms with Crippen LogP contribution in [0.4, 0.5) is 5.69 Å². The van der Waals surface area contributed by atoms with Crippen molar-refractivity contribution >= 4 is 57.9 Å². The van der Waals surface area contributed by atoms with Crippen molar-refractivity contribution in [1.29, 1.82) is 0 Å². The van der Waals surface area contributed by atoms with Gasteiger partial charge in [0.15, 0.2) is 4.32 Å². The number of ether oxygens (including phenoxy) is 1. The highest BCUT2D eigenvalue weighted by Gasteiger charge is 2.34. The number of aromatic carboxylic acids is 2. The minimum atomic E-state index is -1.30. The van der Waals surface area contributed by atoms with Crippen molar-refractivity contribution in [2.45, 2.75) is 13.3 Å². The lowest BCUT2D eigenvalue weighted by atomic mass is 10.1. The molecule has 1 fully saturated rings. The summed E-state index contributed by atoms with van der Waals surface area (Å²) >= 11 is 6.35. The molecule has 3 rings (SSSR count). The van der Waals surface area contributed by atoms with Crippen LogP contribution in [-0.4, -0.2) is 39.0 Å². The first kappa shape index (κ1) is 21.5. The van der Waals surface area contributed by atoms with E-state index in [1.54, 1.807) is 18.2 Å². The van der Waals surface area contributed by atoms with Gasteiger partial charge < -0.3 is 14.9 Å². The van der Waals surface area contributed by atoms with Crippen molar-refractivity contribution in [2.75, 3.05) is 11.5 Å². The number of thioether (sulfide) groups is 1. The van der Waals surface area contributed by atoms with Crippen molar-refractivity contribution in [2.24, 2.45) is 0 Å². The molecule has 2 aromatic carbocycles. The molecule has 30 heavy (non-hydrogen) atoms. The first-order chi connectivity index (χ1) is 14.3. The van der Waals surface area contributed by atoms with Crippen LogP contribution in [0.15, 0.2) is 47.4 Å². The lowest BCUT2D eigenvalue weighted by Crippen LogP contribution is -2.28. The summed E-state index contributed by atoms with van der Waals surface area (Å²) in [6, 6.07) is 10.7. The Morgan fingerprint density at radius 2 is 1.70 bits per heavy atom. The van der Waals surface area contributed by atoms with Gasteiger partial charge in [-0.05, 0) is 48.4 Å². The lowest BCUT2D eigenvalue weighted by Gasteiger charge is -2.16. The topological polar surface area (TPSA) is 104 Å². The highest BCUT2D eigenvalue weighted by molar-refractivity contribution is 8.27. The average molecular weight is 444 g/mol. The number of carbonyl (C=O) groups is 3. The maximum atomic E-state index is 12.9. The maximum Gasteiger partial charge on any atom is 0.335 e. The van der Waals surface area contributed by atoms with Crippen LogP contribution in [0.2, 0.25) is 0 Å². The Kier molecular flexibility index (Phi) is 6.53. The molecule has 0 atom stereocenters. The molecule has 0 saturated carbocycles. The molecule has 0 aliphatic carbocycles. The standard InChI is InChI=1S/C21H17NO6S2/c1-2-7-28-16-5-3-12(4-6-16)8-17-18(23)22(21(29)30-17)15-10-13(19(24)25)9-14(11-15)20(26)27/h3-6,8-11H,2,7H2,1H3,(H,24,25)(H,26,27)/b17-8-. The number of rotatable bonds is 7. The van der Waals surface area contributed by atoms with Gasteiger partial charge in [0.25, 0.3) is 5.91 Å². The largest absolute Gasteiger partial charge is 0.494 e. The summed E-state index contributed by atoms with van der Waals surface area (Å²) in [7, 11) is 0. The minimum Gasteiger partial charge on any atom is -0.494 e. The number of hydrogen-bond donors (Lipinski definition) is 2. The van der Waals surface area contributed by atoms with Gasteiger partial charge in [0.2, 0.25) is 0 Å². The van der Waals surface area contributed by atoms with Crippen LogP contribution in [0.25, 0.3) is 6.08 Å². The molecule has 2 aromatic rings. The average Bonchev–Trinajstić information content (AvgIpc) is 3.00. The summed E-state index contributed by atoms with van der Waals surface area (Å²) in [5, 5.41) is 18.5. The van der Waals surface area contributed by atoms with Crippen LogP contribution in [0.5, 0.6) is 5.75 Å². The number of nitrogens with zero attached hydrogens (tertiary/aromatic N) is 1. The van der Waals surface area contributed by atoms with E-state index in [1.165, 1.54) is 12.1 Å². The first-order valence-corrected chi connectivity index (χ1v) is 10.1. The Hall–Kier alpha value is -3.17. The van der Waals surface area contributed by atoms with Crippen LogP contribution in [0.1, 0.15) is 39.6 Å². The summed E-state index contributed by atoms with van der Waals surface area (Å²) in [4.78, 5) is 37.1.